The van der Waals surface area contributed by atoms with Gasteiger partial charge in [-0.15, -0.1) is 0 Å². The molecule has 1 aromatic carbocycles. The van der Waals surface area contributed by atoms with E-state index in [1.54, 1.807) is 18.5 Å². The number of aromatic nitrogens is 2. The van der Waals surface area contributed by atoms with Gasteiger partial charge < -0.3 is 5.32 Å². The largest absolute Gasteiger partial charge is 0.354 e. The van der Waals surface area contributed by atoms with Gasteiger partial charge in [-0.1, -0.05) is 12.1 Å². The number of benzene rings is 1. The van der Waals surface area contributed by atoms with Crippen LogP contribution in [0.1, 0.15) is 5.56 Å². The molecule has 1 N–H and O–H groups in total. The van der Waals surface area contributed by atoms with Crippen LogP contribution in [0.25, 0.3) is 0 Å². The zero-order valence-corrected chi connectivity index (χ0v) is 10.6. The Balaban J connectivity index is 1.85. The summed E-state index contributed by atoms with van der Waals surface area (Å²) in [6.45, 7) is 0.672. The van der Waals surface area contributed by atoms with E-state index < -0.39 is 0 Å². The summed E-state index contributed by atoms with van der Waals surface area (Å²) in [5, 5.41) is 3.07. The Bertz CT molecular complexity index is 487. The van der Waals surface area contributed by atoms with Crippen molar-refractivity contribution in [1.82, 2.24) is 9.97 Å². The average molecular weight is 296 g/mol. The van der Waals surface area contributed by atoms with Gasteiger partial charge in [-0.3, -0.25) is 0 Å². The lowest BCUT2D eigenvalue weighted by Crippen LogP contribution is -2.07. The maximum absolute atomic E-state index is 12.9. The number of rotatable bonds is 4. The lowest BCUT2D eigenvalue weighted by atomic mass is 10.1. The predicted octanol–water partition coefficient (Wildman–Crippen LogP) is 3.03. The lowest BCUT2D eigenvalue weighted by molar-refractivity contribution is 0.625. The third-order valence-corrected chi connectivity index (χ3v) is 2.62. The minimum Gasteiger partial charge on any atom is -0.354 e. The van der Waals surface area contributed by atoms with Gasteiger partial charge in [-0.2, -0.15) is 0 Å². The molecule has 0 saturated heterocycles. The lowest BCUT2D eigenvalue weighted by Gasteiger charge is -2.04. The fourth-order valence-corrected chi connectivity index (χ4v) is 1.62. The summed E-state index contributed by atoms with van der Waals surface area (Å²) in [5.74, 6) is 0.368. The zero-order chi connectivity index (χ0) is 12.1. The SMILES string of the molecule is Fc1cccc(CCNc2ncc(Br)cn2)c1. The molecule has 0 bridgehead atoms. The molecule has 1 heterocycles. The molecule has 0 unspecified atom stereocenters. The van der Waals surface area contributed by atoms with Gasteiger partial charge in [0.05, 0.1) is 4.47 Å². The molecule has 0 radical (unpaired) electrons. The van der Waals surface area contributed by atoms with Crippen molar-refractivity contribution in [2.75, 3.05) is 11.9 Å². The van der Waals surface area contributed by atoms with Gasteiger partial charge in [0.2, 0.25) is 5.95 Å². The van der Waals surface area contributed by atoms with E-state index in [1.165, 1.54) is 12.1 Å². The third kappa shape index (κ3) is 3.78. The van der Waals surface area contributed by atoms with E-state index in [1.807, 2.05) is 6.07 Å². The molecule has 5 heteroatoms. The van der Waals surface area contributed by atoms with E-state index in [-0.39, 0.29) is 5.82 Å². The highest BCUT2D eigenvalue weighted by molar-refractivity contribution is 9.10. The molecule has 0 aliphatic heterocycles. The van der Waals surface area contributed by atoms with Crippen LogP contribution >= 0.6 is 15.9 Å². The molecule has 2 rings (SSSR count). The monoisotopic (exact) mass is 295 g/mol. The van der Waals surface area contributed by atoms with Gasteiger partial charge in [0.1, 0.15) is 5.82 Å². The number of nitrogens with zero attached hydrogens (tertiary/aromatic N) is 2. The summed E-state index contributed by atoms with van der Waals surface area (Å²) in [4.78, 5) is 8.17. The van der Waals surface area contributed by atoms with E-state index in [2.05, 4.69) is 31.2 Å². The van der Waals surface area contributed by atoms with Crippen molar-refractivity contribution in [3.8, 4) is 0 Å². The van der Waals surface area contributed by atoms with Crippen molar-refractivity contribution in [2.24, 2.45) is 0 Å². The van der Waals surface area contributed by atoms with Crippen LogP contribution in [-0.2, 0) is 6.42 Å². The molecule has 0 spiro atoms. The van der Waals surface area contributed by atoms with Crippen LogP contribution in [0.2, 0.25) is 0 Å². The van der Waals surface area contributed by atoms with Crippen molar-refractivity contribution in [2.45, 2.75) is 6.42 Å². The first-order valence-corrected chi connectivity index (χ1v) is 5.99. The second-order valence-electron chi connectivity index (χ2n) is 3.53. The molecule has 2 aromatic rings. The molecule has 17 heavy (non-hydrogen) atoms. The number of nitrogens with one attached hydrogen (secondary N) is 1. The molecule has 0 fully saturated rings. The van der Waals surface area contributed by atoms with Gasteiger partial charge in [0.25, 0.3) is 0 Å². The van der Waals surface area contributed by atoms with Gasteiger partial charge in [-0.25, -0.2) is 14.4 Å². The van der Waals surface area contributed by atoms with E-state index in [0.29, 0.717) is 12.5 Å². The van der Waals surface area contributed by atoms with Crippen molar-refractivity contribution < 1.29 is 4.39 Å². The average Bonchev–Trinajstić information content (AvgIpc) is 2.32. The van der Waals surface area contributed by atoms with E-state index in [9.17, 15) is 4.39 Å². The van der Waals surface area contributed by atoms with Crippen LogP contribution in [0.4, 0.5) is 10.3 Å². The van der Waals surface area contributed by atoms with Crippen LogP contribution < -0.4 is 5.32 Å². The Hall–Kier alpha value is -1.49. The number of hydrogen-bond donors (Lipinski definition) is 1. The Morgan fingerprint density at radius 3 is 2.71 bits per heavy atom. The Labute approximate surface area is 107 Å². The minimum absolute atomic E-state index is 0.206. The first-order valence-electron chi connectivity index (χ1n) is 5.20. The molecule has 0 amide bonds. The maximum atomic E-state index is 12.9. The van der Waals surface area contributed by atoms with Gasteiger partial charge in [0.15, 0.2) is 0 Å². The number of halogens is 2. The highest BCUT2D eigenvalue weighted by Gasteiger charge is 1.97. The van der Waals surface area contributed by atoms with E-state index in [4.69, 9.17) is 0 Å². The summed E-state index contributed by atoms with van der Waals surface area (Å²) in [5.41, 5.74) is 0.953. The molecule has 0 saturated carbocycles. The molecular weight excluding hydrogens is 285 g/mol. The van der Waals surface area contributed by atoms with E-state index >= 15 is 0 Å². The van der Waals surface area contributed by atoms with Gasteiger partial charge in [-0.05, 0) is 40.0 Å². The summed E-state index contributed by atoms with van der Waals surface area (Å²) in [6, 6.07) is 6.58. The van der Waals surface area contributed by atoms with Crippen LogP contribution in [0, 0.1) is 5.82 Å². The van der Waals surface area contributed by atoms with Crippen LogP contribution in [0.15, 0.2) is 41.1 Å². The van der Waals surface area contributed by atoms with Crippen molar-refractivity contribution in [1.29, 1.82) is 0 Å². The smallest absolute Gasteiger partial charge is 0.222 e. The number of anilines is 1. The normalized spacial score (nSPS) is 10.2. The highest BCUT2D eigenvalue weighted by atomic mass is 79.9. The van der Waals surface area contributed by atoms with Crippen molar-refractivity contribution in [3.63, 3.8) is 0 Å². The Morgan fingerprint density at radius 2 is 2.00 bits per heavy atom. The highest BCUT2D eigenvalue weighted by Crippen LogP contribution is 2.07. The minimum atomic E-state index is -0.206. The predicted molar refractivity (Wildman–Crippen MR) is 68.3 cm³/mol. The molecule has 0 atom stereocenters. The second kappa shape index (κ2) is 5.72. The Morgan fingerprint density at radius 1 is 1.24 bits per heavy atom. The summed E-state index contributed by atoms with van der Waals surface area (Å²) < 4.78 is 13.8. The van der Waals surface area contributed by atoms with Gasteiger partial charge >= 0.3 is 0 Å². The molecule has 3 nitrogen and oxygen atoms in total. The topological polar surface area (TPSA) is 37.8 Å². The zero-order valence-electron chi connectivity index (χ0n) is 9.03. The summed E-state index contributed by atoms with van der Waals surface area (Å²) in [7, 11) is 0. The summed E-state index contributed by atoms with van der Waals surface area (Å²) in [6.07, 6.45) is 4.09. The Kier molecular flexibility index (Phi) is 4.03. The van der Waals surface area contributed by atoms with Crippen LogP contribution in [-0.4, -0.2) is 16.5 Å². The van der Waals surface area contributed by atoms with Crippen LogP contribution in [0.3, 0.4) is 0 Å². The van der Waals surface area contributed by atoms with Crippen LogP contribution in [0.5, 0.6) is 0 Å². The maximum Gasteiger partial charge on any atom is 0.222 e. The second-order valence-corrected chi connectivity index (χ2v) is 4.45. The van der Waals surface area contributed by atoms with Crippen molar-refractivity contribution in [3.05, 3.63) is 52.5 Å². The molecule has 0 aliphatic rings. The molecule has 0 aliphatic carbocycles. The van der Waals surface area contributed by atoms with E-state index in [0.717, 1.165) is 16.5 Å². The standard InChI is InChI=1S/C12H11BrFN3/c13-10-7-16-12(17-8-10)15-5-4-9-2-1-3-11(14)6-9/h1-3,6-8H,4-5H2,(H,15,16,17). The first kappa shape index (κ1) is 12.0. The fraction of sp³-hybridized carbons (Fsp3) is 0.167. The third-order valence-electron chi connectivity index (χ3n) is 2.21. The number of hydrogen-bond acceptors (Lipinski definition) is 3. The quantitative estimate of drug-likeness (QED) is 0.942. The summed E-state index contributed by atoms with van der Waals surface area (Å²) >= 11 is 3.26. The fourth-order valence-electron chi connectivity index (χ4n) is 1.41. The molecule has 88 valence electrons. The van der Waals surface area contributed by atoms with Gasteiger partial charge in [0, 0.05) is 18.9 Å². The van der Waals surface area contributed by atoms with Crippen molar-refractivity contribution >= 4 is 21.9 Å². The first-order chi connectivity index (χ1) is 8.24. The molecular formula is C12H11BrFN3. The molecule has 1 aromatic heterocycles.